The van der Waals surface area contributed by atoms with Crippen LogP contribution in [0.5, 0.6) is 5.75 Å². The molecular formula is C40H48ClF2N9O6. The molecule has 58 heavy (non-hydrogen) atoms. The van der Waals surface area contributed by atoms with E-state index in [4.69, 9.17) is 24.7 Å². The fourth-order valence-corrected chi connectivity index (χ4v) is 6.89. The molecule has 3 aromatic carbocycles. The first-order valence-electron chi connectivity index (χ1n) is 18.9. The lowest BCUT2D eigenvalue weighted by molar-refractivity contribution is -0.192. The predicted molar refractivity (Wildman–Crippen MR) is 213 cm³/mol. The first-order valence-corrected chi connectivity index (χ1v) is 18.9. The van der Waals surface area contributed by atoms with Gasteiger partial charge in [0.15, 0.2) is 0 Å². The number of esters is 1. The number of ether oxygens (including phenoxy) is 4. The second kappa shape index (κ2) is 18.1. The summed E-state index contributed by atoms with van der Waals surface area (Å²) in [4.78, 5) is 34.0. The van der Waals surface area contributed by atoms with Crippen LogP contribution in [0.2, 0.25) is 0 Å². The largest absolute Gasteiger partial charge is 0.491 e. The molecule has 3 atom stereocenters. The average molecular weight is 824 g/mol. The Kier molecular flexibility index (Phi) is 13.2. The Morgan fingerprint density at radius 2 is 1.60 bits per heavy atom. The number of aromatic nitrogens is 6. The monoisotopic (exact) mass is 823 g/mol. The Hall–Kier alpha value is -5.36. The summed E-state index contributed by atoms with van der Waals surface area (Å²) in [7, 11) is 0. The van der Waals surface area contributed by atoms with Crippen LogP contribution in [-0.2, 0) is 37.9 Å². The molecule has 0 amide bonds. The Bertz CT molecular complexity index is 2170. The number of benzene rings is 3. The van der Waals surface area contributed by atoms with E-state index in [-0.39, 0.29) is 62.9 Å². The number of hydrogen-bond donors (Lipinski definition) is 1. The van der Waals surface area contributed by atoms with Gasteiger partial charge in [0.2, 0.25) is 5.79 Å². The van der Waals surface area contributed by atoms with Gasteiger partial charge in [-0.3, -0.25) is 4.79 Å². The van der Waals surface area contributed by atoms with E-state index in [2.05, 4.69) is 25.0 Å². The molecule has 1 unspecified atom stereocenters. The third-order valence-corrected chi connectivity index (χ3v) is 10.1. The van der Waals surface area contributed by atoms with E-state index in [1.165, 1.54) is 45.0 Å². The average Bonchev–Trinajstić information content (AvgIpc) is 3.95. The summed E-state index contributed by atoms with van der Waals surface area (Å²) < 4.78 is 56.9. The highest BCUT2D eigenvalue weighted by atomic mass is 35.5. The van der Waals surface area contributed by atoms with Crippen LogP contribution in [0.4, 0.5) is 20.2 Å². The van der Waals surface area contributed by atoms with Crippen molar-refractivity contribution in [1.29, 1.82) is 0 Å². The lowest BCUT2D eigenvalue weighted by Gasteiger charge is -2.37. The first-order chi connectivity index (χ1) is 27.4. The topological polar surface area (TPSA) is 157 Å². The van der Waals surface area contributed by atoms with Crippen molar-refractivity contribution >= 4 is 29.8 Å². The smallest absolute Gasteiger partial charge is 0.350 e. The van der Waals surface area contributed by atoms with Crippen molar-refractivity contribution in [2.24, 2.45) is 11.1 Å². The number of nitrogens with zero attached hydrogens (tertiary/aromatic N) is 8. The molecular weight excluding hydrogens is 776 g/mol. The summed E-state index contributed by atoms with van der Waals surface area (Å²) in [5, 5.41) is 8.41. The van der Waals surface area contributed by atoms with Gasteiger partial charge in [-0.05, 0) is 60.7 Å². The SMILES string of the molecule is CC(C)(C)C(Cn1ncn(-c2ccc(N3CCN(c4ccc(OC[C@@H]5CO[C@@](Cn6cncn6)(c6ccc(F)cc6F)O5)cc4)CC3)cc2)c1=O)OC(=O)CCN.Cl. The normalized spacial score (nSPS) is 18.8. The van der Waals surface area contributed by atoms with Gasteiger partial charge in [0.1, 0.15) is 61.7 Å². The van der Waals surface area contributed by atoms with E-state index in [0.717, 1.165) is 43.6 Å². The summed E-state index contributed by atoms with van der Waals surface area (Å²) in [6.07, 6.45) is 3.34. The van der Waals surface area contributed by atoms with Gasteiger partial charge in [0.05, 0.1) is 25.3 Å². The van der Waals surface area contributed by atoms with Crippen LogP contribution in [0, 0.1) is 17.0 Å². The molecule has 2 saturated heterocycles. The maximum absolute atomic E-state index is 14.9. The van der Waals surface area contributed by atoms with Gasteiger partial charge in [-0.2, -0.15) is 10.2 Å². The molecule has 2 fully saturated rings. The van der Waals surface area contributed by atoms with E-state index in [9.17, 15) is 18.4 Å². The minimum Gasteiger partial charge on any atom is -0.491 e. The van der Waals surface area contributed by atoms with Crippen molar-refractivity contribution in [2.75, 3.05) is 55.7 Å². The van der Waals surface area contributed by atoms with Crippen LogP contribution in [0.3, 0.4) is 0 Å². The van der Waals surface area contributed by atoms with E-state index >= 15 is 0 Å². The van der Waals surface area contributed by atoms with Gasteiger partial charge in [-0.1, -0.05) is 20.8 Å². The minimum absolute atomic E-state index is 0. The molecule has 2 N–H and O–H groups in total. The highest BCUT2D eigenvalue weighted by Crippen LogP contribution is 2.38. The van der Waals surface area contributed by atoms with Gasteiger partial charge in [-0.25, -0.2) is 32.5 Å². The maximum atomic E-state index is 14.9. The quantitative estimate of drug-likeness (QED) is 0.159. The molecule has 0 aliphatic carbocycles. The molecule has 310 valence electrons. The highest BCUT2D eigenvalue weighted by molar-refractivity contribution is 5.85. The molecule has 15 nitrogen and oxygen atoms in total. The predicted octanol–water partition coefficient (Wildman–Crippen LogP) is 4.31. The Morgan fingerprint density at radius 1 is 0.948 bits per heavy atom. The zero-order chi connectivity index (χ0) is 40.2. The van der Waals surface area contributed by atoms with Crippen molar-refractivity contribution in [3.63, 3.8) is 0 Å². The summed E-state index contributed by atoms with van der Waals surface area (Å²) in [6.45, 7) is 9.68. The van der Waals surface area contributed by atoms with E-state index < -0.39 is 41.0 Å². The standard InChI is InChI=1S/C40H47F2N9O6.ClH/c1-39(2,3)36(56-37(52)14-15-43)21-51-38(53)50(27-46-51)31-7-5-29(6-8-31)47-16-18-48(19-17-47)30-9-11-32(12-10-30)54-22-33-23-55-40(57-33,24-49-26-44-25-45-49)34-13-4-28(41)20-35(34)42;/h4-13,20,25-27,33,36H,14-19,21-24,43H2,1-3H3;1H/t33-,36?,40-;/m1./s1. The second-order valence-corrected chi connectivity index (χ2v) is 15.2. The van der Waals surface area contributed by atoms with Gasteiger partial charge in [0, 0.05) is 61.1 Å². The summed E-state index contributed by atoms with van der Waals surface area (Å²) in [6, 6.07) is 18.9. The van der Waals surface area contributed by atoms with Crippen molar-refractivity contribution < 1.29 is 32.5 Å². The number of hydrogen-bond acceptors (Lipinski definition) is 12. The van der Waals surface area contributed by atoms with Gasteiger partial charge < -0.3 is 34.5 Å². The zero-order valence-electron chi connectivity index (χ0n) is 32.6. The molecule has 2 aliphatic heterocycles. The third kappa shape index (κ3) is 9.66. The second-order valence-electron chi connectivity index (χ2n) is 15.2. The Labute approximate surface area is 340 Å². The fraction of sp³-hybridized carbons (Fsp3) is 0.425. The van der Waals surface area contributed by atoms with Gasteiger partial charge in [0.25, 0.3) is 0 Å². The van der Waals surface area contributed by atoms with Crippen LogP contribution < -0.4 is 26.0 Å². The molecule has 2 aromatic heterocycles. The lowest BCUT2D eigenvalue weighted by Crippen LogP contribution is -2.46. The van der Waals surface area contributed by atoms with Gasteiger partial charge >= 0.3 is 11.7 Å². The van der Waals surface area contributed by atoms with Crippen LogP contribution in [0.1, 0.15) is 32.8 Å². The molecule has 0 spiro atoms. The molecule has 2 aliphatic rings. The number of anilines is 2. The summed E-state index contributed by atoms with van der Waals surface area (Å²) >= 11 is 0. The first kappa shape index (κ1) is 42.3. The van der Waals surface area contributed by atoms with Crippen LogP contribution in [0.25, 0.3) is 5.69 Å². The molecule has 4 heterocycles. The lowest BCUT2D eigenvalue weighted by atomic mass is 9.89. The number of rotatable bonds is 14. The van der Waals surface area contributed by atoms with Gasteiger partial charge in [-0.15, -0.1) is 12.4 Å². The van der Waals surface area contributed by atoms with Crippen molar-refractivity contribution in [2.45, 2.75) is 58.3 Å². The van der Waals surface area contributed by atoms with Crippen molar-refractivity contribution in [3.8, 4) is 11.4 Å². The Morgan fingerprint density at radius 3 is 2.21 bits per heavy atom. The molecule has 0 radical (unpaired) electrons. The number of nitrogens with two attached hydrogens (primary N) is 1. The van der Waals surface area contributed by atoms with E-state index in [1.54, 1.807) is 0 Å². The maximum Gasteiger partial charge on any atom is 0.350 e. The van der Waals surface area contributed by atoms with Crippen LogP contribution >= 0.6 is 12.4 Å². The number of piperazine rings is 1. The highest BCUT2D eigenvalue weighted by Gasteiger charge is 2.46. The summed E-state index contributed by atoms with van der Waals surface area (Å²) in [5.41, 5.74) is 7.64. The third-order valence-electron chi connectivity index (χ3n) is 10.1. The number of carbonyl (C=O) groups is 1. The summed E-state index contributed by atoms with van der Waals surface area (Å²) in [5.74, 6) is -2.76. The van der Waals surface area contributed by atoms with Crippen LogP contribution in [0.15, 0.2) is 90.5 Å². The molecule has 0 saturated carbocycles. The molecule has 18 heteroatoms. The van der Waals surface area contributed by atoms with Crippen LogP contribution in [-0.4, -0.2) is 93.2 Å². The Balaban J connectivity index is 0.00000567. The van der Waals surface area contributed by atoms with E-state index in [0.29, 0.717) is 11.4 Å². The zero-order valence-corrected chi connectivity index (χ0v) is 33.4. The minimum atomic E-state index is -1.53. The van der Waals surface area contributed by atoms with E-state index in [1.807, 2.05) is 69.3 Å². The van der Waals surface area contributed by atoms with Crippen molar-refractivity contribution in [3.05, 3.63) is 113 Å². The van der Waals surface area contributed by atoms with Crippen molar-refractivity contribution in [1.82, 2.24) is 29.1 Å². The molecule has 5 aromatic rings. The molecule has 0 bridgehead atoms. The number of carbonyl (C=O) groups excluding carboxylic acids is 1. The molecule has 7 rings (SSSR count). The number of halogens is 3. The fourth-order valence-electron chi connectivity index (χ4n) is 6.89.